The van der Waals surface area contributed by atoms with Gasteiger partial charge in [0.05, 0.1) is 10.9 Å². The summed E-state index contributed by atoms with van der Waals surface area (Å²) in [5.41, 5.74) is 1.95. The molecule has 1 aliphatic rings. The molecule has 6 nitrogen and oxygen atoms in total. The van der Waals surface area contributed by atoms with E-state index in [4.69, 9.17) is 0 Å². The molecule has 1 saturated heterocycles. The number of carbonyl (C=O) groups excluding carboxylic acids is 1. The van der Waals surface area contributed by atoms with Crippen molar-refractivity contribution < 1.29 is 13.2 Å². The monoisotopic (exact) mass is 327 g/mol. The van der Waals surface area contributed by atoms with Crippen molar-refractivity contribution >= 4 is 15.7 Å². The molecule has 1 amide bonds. The number of nitrogens with one attached hydrogen (secondary N) is 1. The lowest BCUT2D eigenvalue weighted by Crippen LogP contribution is -2.47. The highest BCUT2D eigenvalue weighted by Crippen LogP contribution is 2.27. The van der Waals surface area contributed by atoms with Crippen LogP contribution in [-0.2, 0) is 14.6 Å². The molecule has 1 aromatic rings. The van der Waals surface area contributed by atoms with Gasteiger partial charge >= 0.3 is 0 Å². The second-order valence-corrected chi connectivity index (χ2v) is 9.21. The Labute approximate surface area is 132 Å². The van der Waals surface area contributed by atoms with Crippen LogP contribution in [0.25, 0.3) is 0 Å². The smallest absolute Gasteiger partial charge is 0.240 e. The van der Waals surface area contributed by atoms with Gasteiger partial charge in [-0.3, -0.25) is 9.89 Å². The summed E-state index contributed by atoms with van der Waals surface area (Å²) >= 11 is 0. The van der Waals surface area contributed by atoms with Crippen molar-refractivity contribution in [1.82, 2.24) is 15.1 Å². The SMILES string of the molecule is Cc1cc([C@H]2CCCN(C(=O)[C@H](C)S(=O)(=O)C(C)C)C2)n[nH]1. The van der Waals surface area contributed by atoms with Crippen LogP contribution in [0, 0.1) is 6.92 Å². The molecule has 0 saturated carbocycles. The van der Waals surface area contributed by atoms with E-state index in [1.54, 1.807) is 18.7 Å². The second-order valence-electron chi connectivity index (χ2n) is 6.38. The van der Waals surface area contributed by atoms with Crippen molar-refractivity contribution in [2.24, 2.45) is 0 Å². The summed E-state index contributed by atoms with van der Waals surface area (Å²) in [6, 6.07) is 1.99. The lowest BCUT2D eigenvalue weighted by atomic mass is 9.94. The molecular formula is C15H25N3O3S. The molecule has 1 aromatic heterocycles. The van der Waals surface area contributed by atoms with Crippen LogP contribution < -0.4 is 0 Å². The zero-order valence-electron chi connectivity index (χ0n) is 13.7. The summed E-state index contributed by atoms with van der Waals surface area (Å²) in [7, 11) is -3.42. The largest absolute Gasteiger partial charge is 0.341 e. The number of nitrogens with zero attached hydrogens (tertiary/aromatic N) is 2. The van der Waals surface area contributed by atoms with Crippen molar-refractivity contribution in [2.75, 3.05) is 13.1 Å². The van der Waals surface area contributed by atoms with E-state index >= 15 is 0 Å². The van der Waals surface area contributed by atoms with Crippen LogP contribution in [0.1, 0.15) is 50.9 Å². The molecule has 0 aromatic carbocycles. The maximum Gasteiger partial charge on any atom is 0.240 e. The zero-order valence-corrected chi connectivity index (χ0v) is 14.5. The van der Waals surface area contributed by atoms with E-state index in [-0.39, 0.29) is 11.8 Å². The number of sulfone groups is 1. The van der Waals surface area contributed by atoms with Crippen molar-refractivity contribution in [2.45, 2.75) is 57.0 Å². The van der Waals surface area contributed by atoms with Gasteiger partial charge in [0.15, 0.2) is 9.84 Å². The molecule has 2 rings (SSSR count). The predicted molar refractivity (Wildman–Crippen MR) is 85.4 cm³/mol. The fourth-order valence-electron chi connectivity index (χ4n) is 2.87. The first-order valence-electron chi connectivity index (χ1n) is 7.77. The topological polar surface area (TPSA) is 83.1 Å². The molecule has 1 N–H and O–H groups in total. The number of aryl methyl sites for hydroxylation is 1. The second kappa shape index (κ2) is 6.40. The number of likely N-dealkylation sites (tertiary alicyclic amines) is 1. The van der Waals surface area contributed by atoms with Gasteiger partial charge in [-0.15, -0.1) is 0 Å². The van der Waals surface area contributed by atoms with E-state index < -0.39 is 20.3 Å². The third-order valence-corrected chi connectivity index (χ3v) is 6.88. The van der Waals surface area contributed by atoms with Crippen molar-refractivity contribution in [3.8, 4) is 0 Å². The maximum absolute atomic E-state index is 12.5. The van der Waals surface area contributed by atoms with Crippen molar-refractivity contribution in [3.63, 3.8) is 0 Å². The van der Waals surface area contributed by atoms with Crippen LogP contribution in [0.5, 0.6) is 0 Å². The molecule has 7 heteroatoms. The molecule has 0 aliphatic carbocycles. The Morgan fingerprint density at radius 2 is 2.09 bits per heavy atom. The van der Waals surface area contributed by atoms with Crippen molar-refractivity contribution in [1.29, 1.82) is 0 Å². The minimum Gasteiger partial charge on any atom is -0.341 e. The molecule has 1 aliphatic heterocycles. The Kier molecular flexibility index (Phi) is 4.94. The first-order valence-corrected chi connectivity index (χ1v) is 9.37. The average Bonchev–Trinajstić information content (AvgIpc) is 2.92. The van der Waals surface area contributed by atoms with Gasteiger partial charge in [-0.2, -0.15) is 5.10 Å². The van der Waals surface area contributed by atoms with Gasteiger partial charge in [-0.25, -0.2) is 8.42 Å². The third-order valence-electron chi connectivity index (χ3n) is 4.37. The lowest BCUT2D eigenvalue weighted by Gasteiger charge is -2.33. The maximum atomic E-state index is 12.5. The Bertz CT molecular complexity index is 636. The Morgan fingerprint density at radius 3 is 2.64 bits per heavy atom. The van der Waals surface area contributed by atoms with Crippen LogP contribution in [-0.4, -0.2) is 53.0 Å². The van der Waals surface area contributed by atoms with Crippen LogP contribution in [0.4, 0.5) is 0 Å². The highest BCUT2D eigenvalue weighted by molar-refractivity contribution is 7.93. The number of aromatic amines is 1. The van der Waals surface area contributed by atoms with Gasteiger partial charge in [-0.1, -0.05) is 0 Å². The Balaban J connectivity index is 2.10. The molecule has 0 spiro atoms. The van der Waals surface area contributed by atoms with Crippen LogP contribution >= 0.6 is 0 Å². The third kappa shape index (κ3) is 3.34. The molecule has 0 unspecified atom stereocenters. The number of aromatic nitrogens is 2. The summed E-state index contributed by atoms with van der Waals surface area (Å²) in [6.07, 6.45) is 1.84. The van der Waals surface area contributed by atoms with Crippen LogP contribution in [0.3, 0.4) is 0 Å². The van der Waals surface area contributed by atoms with E-state index in [2.05, 4.69) is 10.2 Å². The molecule has 1 fully saturated rings. The summed E-state index contributed by atoms with van der Waals surface area (Å²) < 4.78 is 24.4. The fourth-order valence-corrected chi connectivity index (χ4v) is 4.12. The standard InChI is InChI=1S/C15H25N3O3S/c1-10(2)22(20,21)12(4)15(19)18-7-5-6-13(9-18)14-8-11(3)16-17-14/h8,10,12-13H,5-7,9H2,1-4H3,(H,16,17)/t12-,13-/m0/s1. The lowest BCUT2D eigenvalue weighted by molar-refractivity contribution is -0.131. The zero-order chi connectivity index (χ0) is 16.5. The van der Waals surface area contributed by atoms with E-state index in [0.29, 0.717) is 13.1 Å². The number of hydrogen-bond acceptors (Lipinski definition) is 4. The normalized spacial score (nSPS) is 21.1. The van der Waals surface area contributed by atoms with Crippen molar-refractivity contribution in [3.05, 3.63) is 17.5 Å². The minimum atomic E-state index is -3.42. The number of hydrogen-bond donors (Lipinski definition) is 1. The van der Waals surface area contributed by atoms with E-state index in [1.165, 1.54) is 6.92 Å². The summed E-state index contributed by atoms with van der Waals surface area (Å²) in [5, 5.41) is 5.68. The van der Waals surface area contributed by atoms with E-state index in [9.17, 15) is 13.2 Å². The Morgan fingerprint density at radius 1 is 1.41 bits per heavy atom. The number of amides is 1. The number of carbonyl (C=O) groups is 1. The molecule has 22 heavy (non-hydrogen) atoms. The average molecular weight is 327 g/mol. The van der Waals surface area contributed by atoms with Gasteiger partial charge in [-0.05, 0) is 46.6 Å². The van der Waals surface area contributed by atoms with Gasteiger partial charge in [0.1, 0.15) is 5.25 Å². The van der Waals surface area contributed by atoms with Gasteiger partial charge in [0, 0.05) is 24.7 Å². The molecule has 2 heterocycles. The van der Waals surface area contributed by atoms with Gasteiger partial charge < -0.3 is 4.90 Å². The predicted octanol–water partition coefficient (Wildman–Crippen LogP) is 1.64. The summed E-state index contributed by atoms with van der Waals surface area (Å²) in [4.78, 5) is 14.2. The minimum absolute atomic E-state index is 0.177. The van der Waals surface area contributed by atoms with Crippen LogP contribution in [0.15, 0.2) is 6.07 Å². The van der Waals surface area contributed by atoms with Gasteiger partial charge in [0.25, 0.3) is 0 Å². The fraction of sp³-hybridized carbons (Fsp3) is 0.733. The summed E-state index contributed by atoms with van der Waals surface area (Å²) in [6.45, 7) is 7.84. The molecular weight excluding hydrogens is 302 g/mol. The quantitative estimate of drug-likeness (QED) is 0.911. The molecule has 0 radical (unpaired) electrons. The van der Waals surface area contributed by atoms with Crippen LogP contribution in [0.2, 0.25) is 0 Å². The Hall–Kier alpha value is -1.37. The molecule has 124 valence electrons. The first kappa shape index (κ1) is 17.0. The van der Waals surface area contributed by atoms with E-state index in [0.717, 1.165) is 24.2 Å². The highest BCUT2D eigenvalue weighted by Gasteiger charge is 2.36. The number of piperidine rings is 1. The first-order chi connectivity index (χ1) is 10.2. The molecule has 2 atom stereocenters. The summed E-state index contributed by atoms with van der Waals surface area (Å²) in [5.74, 6) is -0.109. The van der Waals surface area contributed by atoms with E-state index in [1.807, 2.05) is 13.0 Å². The van der Waals surface area contributed by atoms with Gasteiger partial charge in [0.2, 0.25) is 5.91 Å². The number of H-pyrrole nitrogens is 1. The molecule has 0 bridgehead atoms. The highest BCUT2D eigenvalue weighted by atomic mass is 32.2. The number of rotatable bonds is 4.